The van der Waals surface area contributed by atoms with E-state index in [9.17, 15) is 18.0 Å². The molecule has 0 radical (unpaired) electrons. The number of carbonyl (C=O) groups is 1. The Labute approximate surface area is 280 Å². The maximum Gasteiger partial charge on any atom is 0.573 e. The molecule has 0 bridgehead atoms. The molecule has 8 nitrogen and oxygen atoms in total. The summed E-state index contributed by atoms with van der Waals surface area (Å²) in [6.45, 7) is 8.22. The van der Waals surface area contributed by atoms with E-state index in [0.717, 1.165) is 27.9 Å². The van der Waals surface area contributed by atoms with Gasteiger partial charge in [-0.2, -0.15) is 4.99 Å². The first kappa shape index (κ1) is 33.9. The molecule has 1 unspecified atom stereocenters. The number of amidine groups is 1. The average molecular weight is 679 g/mol. The Kier molecular flexibility index (Phi) is 10.5. The van der Waals surface area contributed by atoms with Gasteiger partial charge in [-0.05, 0) is 91.5 Å². The van der Waals surface area contributed by atoms with Gasteiger partial charge in [-0.1, -0.05) is 68.1 Å². The van der Waals surface area contributed by atoms with Crippen molar-refractivity contribution in [2.24, 2.45) is 4.99 Å². The number of rotatable bonds is 9. The topological polar surface area (TPSA) is 84.6 Å². The van der Waals surface area contributed by atoms with E-state index in [4.69, 9.17) is 12.2 Å². The van der Waals surface area contributed by atoms with Gasteiger partial charge in [-0.15, -0.1) is 18.3 Å². The minimum atomic E-state index is -4.75. The maximum absolute atomic E-state index is 12.9. The SMILES string of the molecule is Cc1ccc(C(C)C)c(N2C(=O)CSC2=NC(=S)NC(C)C/C=C/c2cccc(-c3ncn(-c4ccc(OC(F)(F)F)cc4)n3)c2)c1. The molecule has 0 saturated carbocycles. The average Bonchev–Trinajstić information content (AvgIpc) is 3.64. The summed E-state index contributed by atoms with van der Waals surface area (Å²) >= 11 is 6.94. The molecule has 0 spiro atoms. The molecule has 3 aromatic carbocycles. The van der Waals surface area contributed by atoms with Crippen molar-refractivity contribution in [3.63, 3.8) is 0 Å². The fraction of sp³-hybridized carbons (Fsp3) is 0.265. The number of amides is 1. The highest BCUT2D eigenvalue weighted by Gasteiger charge is 2.32. The first-order valence-corrected chi connectivity index (χ1v) is 16.3. The van der Waals surface area contributed by atoms with Crippen molar-refractivity contribution in [3.05, 3.63) is 95.8 Å². The van der Waals surface area contributed by atoms with E-state index in [2.05, 4.69) is 51.1 Å². The lowest BCUT2D eigenvalue weighted by Crippen LogP contribution is -2.34. The molecule has 1 atom stereocenters. The number of aromatic nitrogens is 3. The Balaban J connectivity index is 1.19. The Morgan fingerprint density at radius 2 is 1.89 bits per heavy atom. The van der Waals surface area contributed by atoms with E-state index in [1.807, 2.05) is 56.3 Å². The van der Waals surface area contributed by atoms with E-state index < -0.39 is 6.36 Å². The number of ether oxygens (including phenoxy) is 1. The number of nitrogens with zero attached hydrogens (tertiary/aromatic N) is 5. The first-order valence-electron chi connectivity index (χ1n) is 14.9. The van der Waals surface area contributed by atoms with Gasteiger partial charge in [0.15, 0.2) is 16.1 Å². The summed E-state index contributed by atoms with van der Waals surface area (Å²) in [5, 5.41) is 8.63. The van der Waals surface area contributed by atoms with E-state index in [-0.39, 0.29) is 23.6 Å². The summed E-state index contributed by atoms with van der Waals surface area (Å²) in [7, 11) is 0. The van der Waals surface area contributed by atoms with Gasteiger partial charge in [0.1, 0.15) is 12.1 Å². The van der Waals surface area contributed by atoms with Gasteiger partial charge in [0.05, 0.1) is 17.1 Å². The zero-order valence-corrected chi connectivity index (χ0v) is 27.8. The Morgan fingerprint density at radius 3 is 2.62 bits per heavy atom. The smallest absolute Gasteiger partial charge is 0.406 e. The molecule has 1 amide bonds. The lowest BCUT2D eigenvalue weighted by atomic mass is 9.99. The Hall–Kier alpha value is -4.49. The molecule has 244 valence electrons. The molecule has 1 aliphatic heterocycles. The standard InChI is InChI=1S/C34H33F3N6O2S2/c1-21(2)28-16-11-22(3)17-29(28)43-30(44)19-47-33(43)40-32(46)39-23(4)7-5-8-24-9-6-10-25(18-24)31-38-20-42(41-31)26-12-14-27(15-13-26)45-34(35,36)37/h5-6,8-18,20-21,23H,7,19H2,1-4H3,(H,39,46)/b8-5+,40-33?. The van der Waals surface area contributed by atoms with Crippen molar-refractivity contribution in [3.8, 4) is 22.8 Å². The van der Waals surface area contributed by atoms with Gasteiger partial charge in [0, 0.05) is 11.6 Å². The predicted molar refractivity (Wildman–Crippen MR) is 185 cm³/mol. The second-order valence-electron chi connectivity index (χ2n) is 11.3. The second kappa shape index (κ2) is 14.5. The first-order chi connectivity index (χ1) is 22.4. The number of alkyl halides is 3. The van der Waals surface area contributed by atoms with Crippen LogP contribution in [0.4, 0.5) is 18.9 Å². The molecule has 1 aromatic heterocycles. The number of carbonyl (C=O) groups excluding carboxylic acids is 1. The fourth-order valence-electron chi connectivity index (χ4n) is 4.92. The molecular weight excluding hydrogens is 646 g/mol. The summed E-state index contributed by atoms with van der Waals surface area (Å²) in [6, 6.07) is 19.2. The van der Waals surface area contributed by atoms with Crippen LogP contribution < -0.4 is 15.0 Å². The van der Waals surface area contributed by atoms with Gasteiger partial charge in [-0.25, -0.2) is 9.67 Å². The van der Waals surface area contributed by atoms with Crippen LogP contribution in [0.15, 0.2) is 84.1 Å². The van der Waals surface area contributed by atoms with Crippen LogP contribution in [-0.4, -0.2) is 49.1 Å². The normalized spacial score (nSPS) is 15.2. The molecule has 0 aliphatic carbocycles. The van der Waals surface area contributed by atoms with E-state index in [0.29, 0.717) is 34.0 Å². The zero-order valence-electron chi connectivity index (χ0n) is 26.2. The number of halogens is 3. The van der Waals surface area contributed by atoms with Crippen molar-refractivity contribution >= 4 is 51.9 Å². The highest BCUT2D eigenvalue weighted by Crippen LogP contribution is 2.34. The summed E-state index contributed by atoms with van der Waals surface area (Å²) in [4.78, 5) is 23.6. The largest absolute Gasteiger partial charge is 0.573 e. The highest BCUT2D eigenvalue weighted by atomic mass is 32.2. The number of benzene rings is 3. The molecule has 47 heavy (non-hydrogen) atoms. The Morgan fingerprint density at radius 1 is 1.13 bits per heavy atom. The summed E-state index contributed by atoms with van der Waals surface area (Å²) in [5.41, 5.74) is 5.27. The zero-order chi connectivity index (χ0) is 33.7. The van der Waals surface area contributed by atoms with E-state index >= 15 is 0 Å². The highest BCUT2D eigenvalue weighted by molar-refractivity contribution is 8.15. The third-order valence-corrected chi connectivity index (χ3v) is 8.29. The number of nitrogens with one attached hydrogen (secondary N) is 1. The van der Waals surface area contributed by atoms with Crippen molar-refractivity contribution in [2.75, 3.05) is 10.7 Å². The van der Waals surface area contributed by atoms with E-state index in [1.165, 1.54) is 47.0 Å². The molecule has 4 aromatic rings. The van der Waals surface area contributed by atoms with E-state index in [1.54, 1.807) is 4.90 Å². The third-order valence-electron chi connectivity index (χ3n) is 7.15. The van der Waals surface area contributed by atoms with Crippen LogP contribution in [-0.2, 0) is 4.79 Å². The van der Waals surface area contributed by atoms with Gasteiger partial charge < -0.3 is 10.1 Å². The Bertz CT molecular complexity index is 1820. The second-order valence-corrected chi connectivity index (χ2v) is 12.6. The van der Waals surface area contributed by atoms with Crippen LogP contribution in [0.1, 0.15) is 49.8 Å². The quantitative estimate of drug-likeness (QED) is 0.179. The monoisotopic (exact) mass is 678 g/mol. The molecule has 1 aliphatic rings. The molecule has 13 heteroatoms. The summed E-state index contributed by atoms with van der Waals surface area (Å²) in [5.74, 6) is 0.702. The number of anilines is 1. The maximum atomic E-state index is 12.9. The summed E-state index contributed by atoms with van der Waals surface area (Å²) < 4.78 is 42.8. The van der Waals surface area contributed by atoms with Gasteiger partial charge in [0.2, 0.25) is 5.91 Å². The van der Waals surface area contributed by atoms with Crippen LogP contribution in [0.2, 0.25) is 0 Å². The molecule has 1 saturated heterocycles. The number of aryl methyl sites for hydroxylation is 1. The van der Waals surface area contributed by atoms with Crippen molar-refractivity contribution < 1.29 is 22.7 Å². The van der Waals surface area contributed by atoms with Crippen molar-refractivity contribution in [1.29, 1.82) is 0 Å². The molecule has 1 N–H and O–H groups in total. The predicted octanol–water partition coefficient (Wildman–Crippen LogP) is 8.07. The minimum absolute atomic E-state index is 0.0159. The minimum Gasteiger partial charge on any atom is -0.406 e. The van der Waals surface area contributed by atoms with Crippen LogP contribution in [0.25, 0.3) is 23.2 Å². The lowest BCUT2D eigenvalue weighted by Gasteiger charge is -2.22. The molecular formula is C34H33F3N6O2S2. The molecule has 1 fully saturated rings. The number of hydrogen-bond donors (Lipinski definition) is 1. The van der Waals surface area contributed by atoms with Gasteiger partial charge >= 0.3 is 6.36 Å². The van der Waals surface area contributed by atoms with Crippen LogP contribution in [0.5, 0.6) is 5.75 Å². The van der Waals surface area contributed by atoms with Gasteiger partial charge in [-0.3, -0.25) is 9.69 Å². The van der Waals surface area contributed by atoms with Crippen LogP contribution in [0.3, 0.4) is 0 Å². The van der Waals surface area contributed by atoms with Crippen LogP contribution in [0, 0.1) is 6.92 Å². The molecule has 5 rings (SSSR count). The molecule has 2 heterocycles. The lowest BCUT2D eigenvalue weighted by molar-refractivity contribution is -0.274. The number of hydrogen-bond acceptors (Lipinski definition) is 6. The fourth-order valence-corrected chi connectivity index (χ4v) is 6.13. The van der Waals surface area contributed by atoms with Crippen LogP contribution >= 0.6 is 24.0 Å². The summed E-state index contributed by atoms with van der Waals surface area (Å²) in [6.07, 6.45) is 1.44. The number of thioether (sulfide) groups is 1. The number of aliphatic imine (C=N–C) groups is 1. The third kappa shape index (κ3) is 8.86. The number of thiocarbonyl (C=S) groups is 1. The van der Waals surface area contributed by atoms with Crippen molar-refractivity contribution in [1.82, 2.24) is 20.1 Å². The van der Waals surface area contributed by atoms with Crippen molar-refractivity contribution in [2.45, 2.75) is 52.4 Å². The van der Waals surface area contributed by atoms with Gasteiger partial charge in [0.25, 0.3) is 0 Å².